The van der Waals surface area contributed by atoms with Gasteiger partial charge in [0, 0.05) is 19.8 Å². The first-order valence-electron chi connectivity index (χ1n) is 6.90. The van der Waals surface area contributed by atoms with Crippen molar-refractivity contribution in [3.63, 3.8) is 0 Å². The Labute approximate surface area is 105 Å². The van der Waals surface area contributed by atoms with E-state index in [1.165, 1.54) is 32.1 Å². The normalized spacial score (nSPS) is 24.9. The molecule has 17 heavy (non-hydrogen) atoms. The lowest BCUT2D eigenvalue weighted by Gasteiger charge is -2.26. The third-order valence-electron chi connectivity index (χ3n) is 3.94. The Morgan fingerprint density at radius 1 is 1.47 bits per heavy atom. The van der Waals surface area contributed by atoms with Crippen LogP contribution >= 0.6 is 0 Å². The minimum Gasteiger partial charge on any atom is -0.359 e. The SMILES string of the molecule is CNc1nc(C)cn1CCC1CCCC(C)C1. The molecule has 1 N–H and O–H groups in total. The summed E-state index contributed by atoms with van der Waals surface area (Å²) in [4.78, 5) is 4.46. The molecule has 0 radical (unpaired) electrons. The third-order valence-corrected chi connectivity index (χ3v) is 3.94. The standard InChI is InChI=1S/C14H25N3/c1-11-5-4-6-13(9-11)7-8-17-10-12(2)16-14(17)15-3/h10-11,13H,4-9H2,1-3H3,(H,15,16). The summed E-state index contributed by atoms with van der Waals surface area (Å²) in [7, 11) is 1.95. The number of aromatic nitrogens is 2. The Kier molecular flexibility index (Phi) is 4.08. The smallest absolute Gasteiger partial charge is 0.202 e. The van der Waals surface area contributed by atoms with Crippen molar-refractivity contribution in [1.82, 2.24) is 9.55 Å². The molecule has 96 valence electrons. The van der Waals surface area contributed by atoms with E-state index in [9.17, 15) is 0 Å². The number of nitrogens with zero attached hydrogens (tertiary/aromatic N) is 2. The maximum Gasteiger partial charge on any atom is 0.202 e. The van der Waals surface area contributed by atoms with Crippen LogP contribution < -0.4 is 5.32 Å². The second-order valence-electron chi connectivity index (χ2n) is 5.58. The van der Waals surface area contributed by atoms with Gasteiger partial charge < -0.3 is 9.88 Å². The van der Waals surface area contributed by atoms with Gasteiger partial charge in [-0.15, -0.1) is 0 Å². The Balaban J connectivity index is 1.88. The van der Waals surface area contributed by atoms with Crippen molar-refractivity contribution in [3.05, 3.63) is 11.9 Å². The van der Waals surface area contributed by atoms with Gasteiger partial charge in [0.05, 0.1) is 5.69 Å². The van der Waals surface area contributed by atoms with E-state index < -0.39 is 0 Å². The zero-order valence-electron chi connectivity index (χ0n) is 11.4. The van der Waals surface area contributed by atoms with Gasteiger partial charge in [-0.05, 0) is 31.6 Å². The van der Waals surface area contributed by atoms with Gasteiger partial charge >= 0.3 is 0 Å². The van der Waals surface area contributed by atoms with Crippen molar-refractivity contribution in [1.29, 1.82) is 0 Å². The molecule has 0 aromatic carbocycles. The van der Waals surface area contributed by atoms with Crippen molar-refractivity contribution in [2.24, 2.45) is 11.8 Å². The molecular weight excluding hydrogens is 210 g/mol. The minimum atomic E-state index is 0.922. The molecule has 1 fully saturated rings. The minimum absolute atomic E-state index is 0.922. The van der Waals surface area contributed by atoms with E-state index in [1.807, 2.05) is 7.05 Å². The second kappa shape index (κ2) is 5.56. The number of aryl methyl sites for hydroxylation is 2. The molecule has 1 heterocycles. The van der Waals surface area contributed by atoms with E-state index in [1.54, 1.807) is 0 Å². The van der Waals surface area contributed by atoms with E-state index in [-0.39, 0.29) is 0 Å². The van der Waals surface area contributed by atoms with Crippen molar-refractivity contribution in [2.75, 3.05) is 12.4 Å². The Morgan fingerprint density at radius 3 is 3.00 bits per heavy atom. The first kappa shape index (κ1) is 12.5. The molecular formula is C14H25N3. The predicted molar refractivity (Wildman–Crippen MR) is 72.2 cm³/mol. The molecule has 1 aliphatic rings. The molecule has 1 saturated carbocycles. The number of rotatable bonds is 4. The van der Waals surface area contributed by atoms with Gasteiger partial charge in [-0.1, -0.05) is 26.2 Å². The highest BCUT2D eigenvalue weighted by Crippen LogP contribution is 2.31. The monoisotopic (exact) mass is 235 g/mol. The summed E-state index contributed by atoms with van der Waals surface area (Å²) in [5.74, 6) is 2.86. The van der Waals surface area contributed by atoms with E-state index in [2.05, 4.69) is 34.9 Å². The molecule has 3 heteroatoms. The zero-order valence-corrected chi connectivity index (χ0v) is 11.4. The molecule has 1 aliphatic carbocycles. The quantitative estimate of drug-likeness (QED) is 0.866. The molecule has 0 aliphatic heterocycles. The summed E-state index contributed by atoms with van der Waals surface area (Å²) in [6, 6.07) is 0. The van der Waals surface area contributed by atoms with Crippen LogP contribution in [-0.2, 0) is 6.54 Å². The van der Waals surface area contributed by atoms with E-state index in [4.69, 9.17) is 0 Å². The summed E-state index contributed by atoms with van der Waals surface area (Å²) >= 11 is 0. The Bertz CT molecular complexity index is 356. The van der Waals surface area contributed by atoms with E-state index in [0.717, 1.165) is 30.0 Å². The molecule has 0 bridgehead atoms. The van der Waals surface area contributed by atoms with Crippen LogP contribution in [0.3, 0.4) is 0 Å². The molecule has 0 saturated heterocycles. The zero-order chi connectivity index (χ0) is 12.3. The Morgan fingerprint density at radius 2 is 2.29 bits per heavy atom. The fraction of sp³-hybridized carbons (Fsp3) is 0.786. The maximum atomic E-state index is 4.46. The van der Waals surface area contributed by atoms with Crippen molar-refractivity contribution >= 4 is 5.95 Å². The Hall–Kier alpha value is -0.990. The molecule has 2 rings (SSSR count). The van der Waals surface area contributed by atoms with Crippen molar-refractivity contribution < 1.29 is 0 Å². The van der Waals surface area contributed by atoms with Crippen LogP contribution in [0, 0.1) is 18.8 Å². The van der Waals surface area contributed by atoms with Crippen molar-refractivity contribution in [2.45, 2.75) is 52.5 Å². The maximum absolute atomic E-state index is 4.46. The third kappa shape index (κ3) is 3.24. The highest BCUT2D eigenvalue weighted by atomic mass is 15.2. The summed E-state index contributed by atoms with van der Waals surface area (Å²) in [6.07, 6.45) is 9.15. The predicted octanol–water partition coefficient (Wildman–Crippen LogP) is 3.45. The average molecular weight is 235 g/mol. The van der Waals surface area contributed by atoms with Crippen LogP contribution in [0.15, 0.2) is 6.20 Å². The average Bonchev–Trinajstić information content (AvgIpc) is 2.67. The molecule has 1 aromatic rings. The lowest BCUT2D eigenvalue weighted by molar-refractivity contribution is 0.261. The molecule has 3 nitrogen and oxygen atoms in total. The van der Waals surface area contributed by atoms with E-state index >= 15 is 0 Å². The first-order chi connectivity index (χ1) is 8.19. The summed E-state index contributed by atoms with van der Waals surface area (Å²) < 4.78 is 2.26. The van der Waals surface area contributed by atoms with Crippen LogP contribution in [0.4, 0.5) is 5.95 Å². The molecule has 2 atom stereocenters. The van der Waals surface area contributed by atoms with Crippen LogP contribution in [-0.4, -0.2) is 16.6 Å². The largest absolute Gasteiger partial charge is 0.359 e. The topological polar surface area (TPSA) is 29.9 Å². The highest BCUT2D eigenvalue weighted by Gasteiger charge is 2.18. The fourth-order valence-corrected chi connectivity index (χ4v) is 3.06. The number of nitrogens with one attached hydrogen (secondary N) is 1. The number of anilines is 1. The summed E-state index contributed by atoms with van der Waals surface area (Å²) in [5, 5.41) is 3.16. The van der Waals surface area contributed by atoms with Gasteiger partial charge in [-0.2, -0.15) is 0 Å². The van der Waals surface area contributed by atoms with Crippen LogP contribution in [0.2, 0.25) is 0 Å². The molecule has 1 aromatic heterocycles. The van der Waals surface area contributed by atoms with Crippen LogP contribution in [0.1, 0.15) is 44.7 Å². The fourth-order valence-electron chi connectivity index (χ4n) is 3.06. The first-order valence-corrected chi connectivity index (χ1v) is 6.90. The van der Waals surface area contributed by atoms with Crippen LogP contribution in [0.25, 0.3) is 0 Å². The number of hydrogen-bond donors (Lipinski definition) is 1. The van der Waals surface area contributed by atoms with Gasteiger partial charge in [0.2, 0.25) is 5.95 Å². The lowest BCUT2D eigenvalue weighted by Crippen LogP contribution is -2.15. The summed E-state index contributed by atoms with van der Waals surface area (Å²) in [5.41, 5.74) is 1.10. The van der Waals surface area contributed by atoms with Gasteiger partial charge in [0.15, 0.2) is 0 Å². The number of imidazole rings is 1. The van der Waals surface area contributed by atoms with Gasteiger partial charge in [-0.3, -0.25) is 0 Å². The molecule has 0 spiro atoms. The molecule has 0 amide bonds. The number of hydrogen-bond acceptors (Lipinski definition) is 2. The molecule has 2 unspecified atom stereocenters. The van der Waals surface area contributed by atoms with Gasteiger partial charge in [0.25, 0.3) is 0 Å². The van der Waals surface area contributed by atoms with E-state index in [0.29, 0.717) is 0 Å². The van der Waals surface area contributed by atoms with Crippen molar-refractivity contribution in [3.8, 4) is 0 Å². The second-order valence-corrected chi connectivity index (χ2v) is 5.58. The summed E-state index contributed by atoms with van der Waals surface area (Å²) in [6.45, 7) is 5.56. The lowest BCUT2D eigenvalue weighted by atomic mass is 9.81. The van der Waals surface area contributed by atoms with Crippen LogP contribution in [0.5, 0.6) is 0 Å². The van der Waals surface area contributed by atoms with Gasteiger partial charge in [-0.25, -0.2) is 4.98 Å². The van der Waals surface area contributed by atoms with Gasteiger partial charge in [0.1, 0.15) is 0 Å². The highest BCUT2D eigenvalue weighted by molar-refractivity contribution is 5.27.